The quantitative estimate of drug-likeness (QED) is 0.0625. The number of fused-ring (bicyclic) bond motifs is 2. The van der Waals surface area contributed by atoms with Gasteiger partial charge in [-0.1, -0.05) is 140 Å². The molecule has 0 aliphatic rings. The Morgan fingerprint density at radius 1 is 0.593 bits per heavy atom. The molecule has 0 aliphatic heterocycles. The molecule has 0 fully saturated rings. The number of halogens is 2. The van der Waals surface area contributed by atoms with E-state index < -0.39 is 20.8 Å². The van der Waals surface area contributed by atoms with Gasteiger partial charge in [-0.3, -0.25) is 9.59 Å². The van der Waals surface area contributed by atoms with Crippen molar-refractivity contribution < 1.29 is 30.4 Å². The van der Waals surface area contributed by atoms with Gasteiger partial charge in [0.1, 0.15) is 0 Å². The van der Waals surface area contributed by atoms with Gasteiger partial charge < -0.3 is 10.5 Å². The van der Waals surface area contributed by atoms with Crippen LogP contribution in [0.4, 0.5) is 0 Å². The van der Waals surface area contributed by atoms with Crippen LogP contribution in [0.1, 0.15) is 90.5 Å². The molecule has 0 aliphatic carbocycles. The van der Waals surface area contributed by atoms with E-state index in [0.717, 1.165) is 20.4 Å². The predicted molar refractivity (Wildman–Crippen MR) is 231 cm³/mol. The standard InChI is InChI=1S/2C22H25.C2H4BN2O2.2ClH.Zr/c2*1-5-9-16-10-6-7-12-19(16)20-13-8-11-17-14-18(15-21(17)20)22(2,3)4;6-1-4-3-5-2-7;;;/h2*6-8,10-15H,5,9H2,1-4H3;1-2H,(H,4,6)(H,5,7);2*1H;/q2*-1;;;;+4/p-2. The second-order valence-electron chi connectivity index (χ2n) is 15.2. The van der Waals surface area contributed by atoms with Crippen LogP contribution in [0, 0.1) is 0 Å². The van der Waals surface area contributed by atoms with Crippen LogP contribution in [0.15, 0.2) is 109 Å². The molecule has 0 bridgehead atoms. The molecule has 1 radical (unpaired) electrons. The fourth-order valence-corrected chi connectivity index (χ4v) is 6.46. The van der Waals surface area contributed by atoms with Gasteiger partial charge in [0, 0.05) is 0 Å². The number of rotatable bonds is 10. The van der Waals surface area contributed by atoms with Crippen LogP contribution in [0.2, 0.25) is 0 Å². The van der Waals surface area contributed by atoms with Crippen molar-refractivity contribution in [3.8, 4) is 22.3 Å². The first-order chi connectivity index (χ1) is 25.8. The molecule has 6 rings (SSSR count). The van der Waals surface area contributed by atoms with Crippen LogP contribution in [0.25, 0.3) is 43.8 Å². The Kier molecular flexibility index (Phi) is 18.5. The number of carbonyl (C=O) groups excluding carboxylic acids is 2. The van der Waals surface area contributed by atoms with E-state index >= 15 is 0 Å². The minimum absolute atomic E-state index is 0.194. The fourth-order valence-electron chi connectivity index (χ4n) is 6.46. The zero-order valence-electron chi connectivity index (χ0n) is 33.0. The molecule has 281 valence electrons. The number of amides is 2. The number of nitrogens with one attached hydrogen (secondary N) is 2. The Balaban J connectivity index is 0.000000233. The average molecular weight is 840 g/mol. The SMILES string of the molecule is CCCc1ccccc1-c1cccc2[cH-]c(C(C)(C)C)cc12.CCCc1ccccc1-c1cccc2[cH-]c(C(C)(C)C)cc12.O=CN[B]NC=O.[Cl][Zr+2][Cl]. The summed E-state index contributed by atoms with van der Waals surface area (Å²) < 4.78 is 0. The molecule has 0 unspecified atom stereocenters. The summed E-state index contributed by atoms with van der Waals surface area (Å²) in [5.74, 6) is 0. The van der Waals surface area contributed by atoms with Crippen molar-refractivity contribution >= 4 is 58.9 Å². The molecular weight excluding hydrogens is 785 g/mol. The molecule has 0 saturated carbocycles. The van der Waals surface area contributed by atoms with E-state index in [1.807, 2.05) is 0 Å². The first-order valence-corrected chi connectivity index (χ1v) is 24.9. The Morgan fingerprint density at radius 3 is 1.28 bits per heavy atom. The third kappa shape index (κ3) is 12.8. The van der Waals surface area contributed by atoms with Gasteiger partial charge in [-0.05, 0) is 45.9 Å². The van der Waals surface area contributed by atoms with Crippen molar-refractivity contribution in [2.24, 2.45) is 0 Å². The molecule has 0 spiro atoms. The summed E-state index contributed by atoms with van der Waals surface area (Å²) in [6, 6.07) is 40.5. The van der Waals surface area contributed by atoms with Gasteiger partial charge in [0.2, 0.25) is 0 Å². The number of aryl methyl sites for hydroxylation is 2. The first kappa shape index (κ1) is 45.0. The van der Waals surface area contributed by atoms with E-state index in [-0.39, 0.29) is 10.8 Å². The summed E-state index contributed by atoms with van der Waals surface area (Å²) in [7, 11) is 11.0. The summed E-state index contributed by atoms with van der Waals surface area (Å²) in [5, 5.41) is 9.68. The number of hydrogen-bond donors (Lipinski definition) is 2. The molecule has 0 atom stereocenters. The molecule has 0 aromatic heterocycles. The Bertz CT molecular complexity index is 1910. The molecule has 6 aromatic rings. The molecule has 8 heteroatoms. The third-order valence-corrected chi connectivity index (χ3v) is 9.19. The molecule has 54 heavy (non-hydrogen) atoms. The van der Waals surface area contributed by atoms with Crippen LogP contribution in [-0.4, -0.2) is 20.4 Å². The molecule has 0 saturated heterocycles. The Labute approximate surface area is 343 Å². The van der Waals surface area contributed by atoms with E-state index in [1.54, 1.807) is 0 Å². The van der Waals surface area contributed by atoms with E-state index in [1.165, 1.54) is 78.9 Å². The number of benzene rings is 4. The molecule has 2 amide bonds. The second kappa shape index (κ2) is 22.2. The topological polar surface area (TPSA) is 58.2 Å². The van der Waals surface area contributed by atoms with Crippen molar-refractivity contribution in [2.45, 2.75) is 91.9 Å². The van der Waals surface area contributed by atoms with Crippen LogP contribution < -0.4 is 10.5 Å². The fraction of sp³-hybridized carbons (Fsp3) is 0.304. The van der Waals surface area contributed by atoms with Crippen molar-refractivity contribution in [3.05, 3.63) is 131 Å². The molecular formula is C46H54BCl2N2O2Zr. The summed E-state index contributed by atoms with van der Waals surface area (Å²) in [4.78, 5) is 18.8. The number of hydrogen-bond acceptors (Lipinski definition) is 2. The van der Waals surface area contributed by atoms with Gasteiger partial charge in [-0.2, -0.15) is 12.1 Å². The van der Waals surface area contributed by atoms with E-state index in [0.29, 0.717) is 12.8 Å². The second-order valence-corrected chi connectivity index (χ2v) is 18.9. The zero-order chi connectivity index (χ0) is 39.7. The monoisotopic (exact) mass is 837 g/mol. The predicted octanol–water partition coefficient (Wildman–Crippen LogP) is 12.3. The normalized spacial score (nSPS) is 10.8. The first-order valence-electron chi connectivity index (χ1n) is 18.6. The Morgan fingerprint density at radius 2 is 0.944 bits per heavy atom. The van der Waals surface area contributed by atoms with E-state index in [2.05, 4.69) is 175 Å². The molecule has 6 aromatic carbocycles. The molecule has 2 N–H and O–H groups in total. The zero-order valence-corrected chi connectivity index (χ0v) is 37.0. The van der Waals surface area contributed by atoms with Gasteiger partial charge >= 0.3 is 45.4 Å². The van der Waals surface area contributed by atoms with Crippen molar-refractivity contribution in [1.82, 2.24) is 10.5 Å². The summed E-state index contributed by atoms with van der Waals surface area (Å²) in [5.41, 5.74) is 11.7. The van der Waals surface area contributed by atoms with Crippen molar-refractivity contribution in [1.29, 1.82) is 0 Å². The molecule has 4 nitrogen and oxygen atoms in total. The average Bonchev–Trinajstić information content (AvgIpc) is 3.80. The van der Waals surface area contributed by atoms with Crippen molar-refractivity contribution in [3.63, 3.8) is 0 Å². The van der Waals surface area contributed by atoms with Gasteiger partial charge in [-0.25, -0.2) is 0 Å². The van der Waals surface area contributed by atoms with Gasteiger partial charge in [0.15, 0.2) is 12.8 Å². The summed E-state index contributed by atoms with van der Waals surface area (Å²) in [6.45, 7) is 18.2. The van der Waals surface area contributed by atoms with Crippen LogP contribution in [0.3, 0.4) is 0 Å². The van der Waals surface area contributed by atoms with E-state index in [4.69, 9.17) is 17.0 Å². The van der Waals surface area contributed by atoms with E-state index in [9.17, 15) is 9.59 Å². The van der Waals surface area contributed by atoms with Gasteiger partial charge in [0.05, 0.1) is 0 Å². The van der Waals surface area contributed by atoms with Gasteiger partial charge in [0.25, 0.3) is 0 Å². The third-order valence-electron chi connectivity index (χ3n) is 9.19. The van der Waals surface area contributed by atoms with Gasteiger partial charge in [-0.15, -0.1) is 69.1 Å². The maximum absolute atomic E-state index is 9.38. The molecule has 0 heterocycles. The minimum atomic E-state index is -0.826. The van der Waals surface area contributed by atoms with Crippen LogP contribution >= 0.6 is 17.0 Å². The summed E-state index contributed by atoms with van der Waals surface area (Å²) in [6.07, 6.45) is 5.55. The van der Waals surface area contributed by atoms with Crippen molar-refractivity contribution in [2.75, 3.05) is 0 Å². The number of carbonyl (C=O) groups is 2. The Hall–Kier alpha value is -3.43. The maximum atomic E-state index is 9.38. The summed E-state index contributed by atoms with van der Waals surface area (Å²) >= 11 is -0.826. The van der Waals surface area contributed by atoms with Crippen LogP contribution in [0.5, 0.6) is 0 Å². The van der Waals surface area contributed by atoms with Crippen LogP contribution in [-0.2, 0) is 54.1 Å².